The van der Waals surface area contributed by atoms with Gasteiger partial charge in [-0.3, -0.25) is 0 Å². The van der Waals surface area contributed by atoms with Gasteiger partial charge in [-0.05, 0) is 31.5 Å². The van der Waals surface area contributed by atoms with Gasteiger partial charge in [-0.15, -0.1) is 0 Å². The van der Waals surface area contributed by atoms with Gasteiger partial charge in [0.15, 0.2) is 11.0 Å². The Morgan fingerprint density at radius 3 is 2.74 bits per heavy atom. The lowest BCUT2D eigenvalue weighted by atomic mass is 9.86. The summed E-state index contributed by atoms with van der Waals surface area (Å²) < 4.78 is 45.6. The molecular formula is C13H13F3N2O. The topological polar surface area (TPSA) is 38.1 Å². The molecule has 6 heteroatoms. The Bertz CT molecular complexity index is 612. The summed E-state index contributed by atoms with van der Waals surface area (Å²) in [5, 5.41) is 2.76. The van der Waals surface area contributed by atoms with Crippen molar-refractivity contribution < 1.29 is 17.6 Å². The fourth-order valence-electron chi connectivity index (χ4n) is 2.53. The molecule has 1 aliphatic heterocycles. The first kappa shape index (κ1) is 12.5. The second-order valence-corrected chi connectivity index (χ2v) is 4.95. The van der Waals surface area contributed by atoms with Crippen LogP contribution in [0.3, 0.4) is 0 Å². The minimum atomic E-state index is -4.37. The number of halogens is 3. The molecule has 1 atom stereocenters. The quantitative estimate of drug-likeness (QED) is 0.865. The van der Waals surface area contributed by atoms with E-state index in [0.29, 0.717) is 17.6 Å². The van der Waals surface area contributed by atoms with Crippen LogP contribution in [0, 0.1) is 6.92 Å². The lowest BCUT2D eigenvalue weighted by molar-refractivity contribution is -0.190. The van der Waals surface area contributed by atoms with Crippen molar-refractivity contribution in [3.63, 3.8) is 0 Å². The maximum absolute atomic E-state index is 13.4. The average molecular weight is 270 g/mol. The van der Waals surface area contributed by atoms with Crippen LogP contribution < -0.4 is 5.32 Å². The smallest absolute Gasteiger partial charge is 0.404 e. The van der Waals surface area contributed by atoms with Gasteiger partial charge in [-0.2, -0.15) is 13.2 Å². The summed E-state index contributed by atoms with van der Waals surface area (Å²) in [5.74, 6) is -0.227. The molecule has 102 valence electrons. The largest absolute Gasteiger partial charge is 0.440 e. The van der Waals surface area contributed by atoms with Crippen LogP contribution in [0.1, 0.15) is 17.9 Å². The predicted molar refractivity (Wildman–Crippen MR) is 64.0 cm³/mol. The van der Waals surface area contributed by atoms with Gasteiger partial charge in [0.2, 0.25) is 5.89 Å². The molecule has 1 aliphatic rings. The summed E-state index contributed by atoms with van der Waals surface area (Å²) in [5.41, 5.74) is -0.271. The maximum atomic E-state index is 13.4. The Kier molecular flexibility index (Phi) is 2.60. The number of nitrogens with zero attached hydrogens (tertiary/aromatic N) is 1. The molecule has 3 nitrogen and oxygen atoms in total. The molecule has 3 rings (SSSR count). The summed E-state index contributed by atoms with van der Waals surface area (Å²) in [6.45, 7) is 1.95. The summed E-state index contributed by atoms with van der Waals surface area (Å²) >= 11 is 0. The van der Waals surface area contributed by atoms with E-state index in [1.54, 1.807) is 12.1 Å². The van der Waals surface area contributed by atoms with E-state index in [9.17, 15) is 13.2 Å². The maximum Gasteiger partial charge on any atom is 0.404 e. The van der Waals surface area contributed by atoms with Gasteiger partial charge < -0.3 is 9.73 Å². The summed E-state index contributed by atoms with van der Waals surface area (Å²) in [6, 6.07) is 5.20. The van der Waals surface area contributed by atoms with E-state index in [4.69, 9.17) is 4.42 Å². The first-order chi connectivity index (χ1) is 8.94. The van der Waals surface area contributed by atoms with Gasteiger partial charge in [-0.25, -0.2) is 4.98 Å². The monoisotopic (exact) mass is 270 g/mol. The van der Waals surface area contributed by atoms with Crippen molar-refractivity contribution in [3.05, 3.63) is 29.7 Å². The Morgan fingerprint density at radius 1 is 1.37 bits per heavy atom. The molecule has 0 saturated carbocycles. The first-order valence-corrected chi connectivity index (χ1v) is 6.08. The summed E-state index contributed by atoms with van der Waals surface area (Å²) in [6.07, 6.45) is -4.41. The number of nitrogens with one attached hydrogen (secondary N) is 1. The van der Waals surface area contributed by atoms with E-state index >= 15 is 0 Å². The van der Waals surface area contributed by atoms with Crippen molar-refractivity contribution in [2.75, 3.05) is 13.1 Å². The number of aromatic nitrogens is 1. The molecule has 1 unspecified atom stereocenters. The SMILES string of the molecule is Cc1cccc2oc(C3(C(F)(F)F)CCNC3)nc12. The zero-order valence-corrected chi connectivity index (χ0v) is 10.3. The molecule has 0 aliphatic carbocycles. The van der Waals surface area contributed by atoms with Crippen LogP contribution in [0.4, 0.5) is 13.2 Å². The van der Waals surface area contributed by atoms with Crippen molar-refractivity contribution in [2.24, 2.45) is 0 Å². The molecule has 2 aromatic rings. The number of benzene rings is 1. The van der Waals surface area contributed by atoms with E-state index < -0.39 is 11.6 Å². The Labute approximate surface area is 107 Å². The van der Waals surface area contributed by atoms with Crippen molar-refractivity contribution in [1.29, 1.82) is 0 Å². The second kappa shape index (κ2) is 3.96. The highest BCUT2D eigenvalue weighted by atomic mass is 19.4. The van der Waals surface area contributed by atoms with Crippen LogP contribution in [0.2, 0.25) is 0 Å². The van der Waals surface area contributed by atoms with Gasteiger partial charge in [0.1, 0.15) is 5.52 Å². The third kappa shape index (κ3) is 1.74. The molecule has 1 N–H and O–H groups in total. The predicted octanol–water partition coefficient (Wildman–Crippen LogP) is 2.93. The number of rotatable bonds is 1. The molecule has 1 saturated heterocycles. The van der Waals surface area contributed by atoms with Crippen molar-refractivity contribution in [3.8, 4) is 0 Å². The molecule has 0 spiro atoms. The number of hydrogen-bond donors (Lipinski definition) is 1. The fraction of sp³-hybridized carbons (Fsp3) is 0.462. The average Bonchev–Trinajstić information content (AvgIpc) is 2.95. The number of alkyl halides is 3. The molecular weight excluding hydrogens is 257 g/mol. The Balaban J connectivity index is 2.19. The van der Waals surface area contributed by atoms with Gasteiger partial charge in [0.25, 0.3) is 0 Å². The third-order valence-electron chi connectivity index (χ3n) is 3.73. The van der Waals surface area contributed by atoms with Crippen LogP contribution in [0.15, 0.2) is 22.6 Å². The van der Waals surface area contributed by atoms with E-state index in [-0.39, 0.29) is 18.9 Å². The van der Waals surface area contributed by atoms with Crippen LogP contribution in [-0.2, 0) is 5.41 Å². The highest BCUT2D eigenvalue weighted by Crippen LogP contribution is 2.45. The summed E-state index contributed by atoms with van der Waals surface area (Å²) in [4.78, 5) is 4.11. The van der Waals surface area contributed by atoms with Gasteiger partial charge in [0, 0.05) is 6.54 Å². The van der Waals surface area contributed by atoms with Gasteiger partial charge >= 0.3 is 6.18 Å². The van der Waals surface area contributed by atoms with Crippen LogP contribution in [0.25, 0.3) is 11.1 Å². The minimum absolute atomic E-state index is 0.0393. The zero-order valence-electron chi connectivity index (χ0n) is 10.3. The van der Waals surface area contributed by atoms with E-state index in [1.807, 2.05) is 13.0 Å². The summed E-state index contributed by atoms with van der Waals surface area (Å²) in [7, 11) is 0. The second-order valence-electron chi connectivity index (χ2n) is 4.95. The Morgan fingerprint density at radius 2 is 2.16 bits per heavy atom. The molecule has 1 aromatic carbocycles. The minimum Gasteiger partial charge on any atom is -0.440 e. The highest BCUT2D eigenvalue weighted by Gasteiger charge is 2.60. The number of oxazole rings is 1. The fourth-order valence-corrected chi connectivity index (χ4v) is 2.53. The molecule has 0 bridgehead atoms. The van der Waals surface area contributed by atoms with Crippen LogP contribution in [0.5, 0.6) is 0 Å². The number of fused-ring (bicyclic) bond motifs is 1. The van der Waals surface area contributed by atoms with E-state index in [0.717, 1.165) is 5.56 Å². The highest BCUT2D eigenvalue weighted by molar-refractivity contribution is 5.76. The molecule has 19 heavy (non-hydrogen) atoms. The molecule has 1 fully saturated rings. The number of aryl methyl sites for hydroxylation is 1. The van der Waals surface area contributed by atoms with Crippen molar-refractivity contribution in [2.45, 2.75) is 24.9 Å². The first-order valence-electron chi connectivity index (χ1n) is 6.08. The lowest BCUT2D eigenvalue weighted by Crippen LogP contribution is -2.44. The van der Waals surface area contributed by atoms with Gasteiger partial charge in [-0.1, -0.05) is 12.1 Å². The van der Waals surface area contributed by atoms with Gasteiger partial charge in [0.05, 0.1) is 0 Å². The van der Waals surface area contributed by atoms with Crippen molar-refractivity contribution in [1.82, 2.24) is 10.3 Å². The molecule has 2 heterocycles. The number of hydrogen-bond acceptors (Lipinski definition) is 3. The number of para-hydroxylation sites is 1. The Hall–Kier alpha value is -1.56. The zero-order chi connectivity index (χ0) is 13.7. The molecule has 0 radical (unpaired) electrons. The standard InChI is InChI=1S/C13H13F3N2O/c1-8-3-2-4-9-10(8)18-11(19-9)12(13(14,15)16)5-6-17-7-12/h2-4,17H,5-7H2,1H3. The van der Waals surface area contributed by atoms with Crippen LogP contribution in [-0.4, -0.2) is 24.2 Å². The van der Waals surface area contributed by atoms with Crippen LogP contribution >= 0.6 is 0 Å². The molecule has 1 aromatic heterocycles. The van der Waals surface area contributed by atoms with E-state index in [2.05, 4.69) is 10.3 Å². The lowest BCUT2D eigenvalue weighted by Gasteiger charge is -2.27. The third-order valence-corrected chi connectivity index (χ3v) is 3.73. The van der Waals surface area contributed by atoms with E-state index in [1.165, 1.54) is 0 Å². The van der Waals surface area contributed by atoms with Crippen molar-refractivity contribution >= 4 is 11.1 Å². The molecule has 0 amide bonds. The normalized spacial score (nSPS) is 24.2.